The van der Waals surface area contributed by atoms with Crippen LogP contribution in [0.1, 0.15) is 63.5 Å². The third kappa shape index (κ3) is 3.45. The van der Waals surface area contributed by atoms with Crippen LogP contribution in [0.4, 0.5) is 0 Å². The molecule has 3 aliphatic carbocycles. The summed E-state index contributed by atoms with van der Waals surface area (Å²) in [5.41, 5.74) is 2.09. The number of hydrogen-bond acceptors (Lipinski definition) is 6. The van der Waals surface area contributed by atoms with Gasteiger partial charge in [0.2, 0.25) is 0 Å². The first-order chi connectivity index (χ1) is 14.9. The molecule has 1 heterocycles. The number of nitrogens with zero attached hydrogens (tertiary/aromatic N) is 1. The van der Waals surface area contributed by atoms with Crippen LogP contribution in [0.2, 0.25) is 0 Å². The fourth-order valence-electron chi connectivity index (χ4n) is 6.27. The second-order valence-electron chi connectivity index (χ2n) is 10.6. The maximum absolute atomic E-state index is 14.3. The van der Waals surface area contributed by atoms with E-state index in [9.17, 15) is 14.7 Å². The van der Waals surface area contributed by atoms with Gasteiger partial charge >= 0.3 is 5.97 Å². The van der Waals surface area contributed by atoms with Crippen LogP contribution in [0, 0.1) is 44.3 Å². The van der Waals surface area contributed by atoms with Crippen molar-refractivity contribution in [2.24, 2.45) is 34.5 Å². The van der Waals surface area contributed by atoms with Crippen molar-refractivity contribution in [2.75, 3.05) is 6.61 Å². The molecular formula is C25H32INO4S. The van der Waals surface area contributed by atoms with Crippen molar-refractivity contribution in [3.63, 3.8) is 0 Å². The average molecular weight is 570 g/mol. The maximum atomic E-state index is 14.3. The molecule has 0 saturated heterocycles. The van der Waals surface area contributed by atoms with Crippen molar-refractivity contribution >= 4 is 45.9 Å². The lowest BCUT2D eigenvalue weighted by Gasteiger charge is -2.39. The Hall–Kier alpha value is -1.06. The number of allylic oxidation sites excluding steroid dienone is 2. The molecule has 1 spiro atoms. The van der Waals surface area contributed by atoms with Crippen molar-refractivity contribution in [3.8, 4) is 0 Å². The van der Waals surface area contributed by atoms with Crippen molar-refractivity contribution in [2.45, 2.75) is 60.5 Å². The highest BCUT2D eigenvalue weighted by atomic mass is 127. The van der Waals surface area contributed by atoms with Crippen LogP contribution in [0.5, 0.6) is 0 Å². The molecule has 0 radical (unpaired) electrons. The van der Waals surface area contributed by atoms with E-state index in [4.69, 9.17) is 4.74 Å². The van der Waals surface area contributed by atoms with E-state index >= 15 is 0 Å². The van der Waals surface area contributed by atoms with Gasteiger partial charge in [-0.15, -0.1) is 0 Å². The van der Waals surface area contributed by atoms with E-state index in [0.29, 0.717) is 23.6 Å². The highest BCUT2D eigenvalue weighted by molar-refractivity contribution is 14.1. The Bertz CT molecular complexity index is 1010. The normalized spacial score (nSPS) is 36.0. The van der Waals surface area contributed by atoms with E-state index in [0.717, 1.165) is 20.5 Å². The molecule has 5 nitrogen and oxygen atoms in total. The first-order valence-electron chi connectivity index (χ1n) is 11.3. The SMILES string of the molecule is CC1=C[C@]23C(=O)[C@@H](C=C(CO)C[C@@H]2[C@H]1OC(=O)c1c(C)nsc1I)C(C)(C)[C@@H](C)C[C@H]3C. The van der Waals surface area contributed by atoms with Crippen molar-refractivity contribution < 1.29 is 19.4 Å². The van der Waals surface area contributed by atoms with Gasteiger partial charge in [-0.2, -0.15) is 4.37 Å². The Labute approximate surface area is 208 Å². The number of esters is 1. The van der Waals surface area contributed by atoms with Crippen LogP contribution < -0.4 is 0 Å². The number of ether oxygens (including phenoxy) is 1. The smallest absolute Gasteiger partial charge is 0.342 e. The molecule has 1 aromatic heterocycles. The van der Waals surface area contributed by atoms with E-state index in [-0.39, 0.29) is 41.5 Å². The summed E-state index contributed by atoms with van der Waals surface area (Å²) in [6.45, 7) is 12.5. The van der Waals surface area contributed by atoms with Crippen LogP contribution in [0.3, 0.4) is 0 Å². The van der Waals surface area contributed by atoms with E-state index in [1.807, 2.05) is 19.9 Å². The molecular weight excluding hydrogens is 537 g/mol. The Balaban J connectivity index is 1.80. The predicted molar refractivity (Wildman–Crippen MR) is 133 cm³/mol. The number of carbonyl (C=O) groups excluding carboxylic acids is 2. The molecule has 2 bridgehead atoms. The standard InChI is InChI=1S/C25H32INO4S/c1-12-10-25-14(3)7-13(2)24(5,6)18(21(25)29)9-16(11-28)8-17(25)20(12)31-23(30)19-15(4)27-32-22(19)26/h9-10,13-14,17-18,20,28H,7-8,11H2,1-6H3/t13-,14+,17+,18+,20-,25+/m0/s1. The Morgan fingerprint density at radius 1 is 1.31 bits per heavy atom. The first-order valence-corrected chi connectivity index (χ1v) is 13.2. The quantitative estimate of drug-likeness (QED) is 0.302. The Kier molecular flexibility index (Phi) is 6.25. The number of ketones is 1. The summed E-state index contributed by atoms with van der Waals surface area (Å²) in [5.74, 6) is -0.173. The number of aliphatic hydroxyl groups is 1. The Morgan fingerprint density at radius 3 is 2.59 bits per heavy atom. The van der Waals surface area contributed by atoms with Crippen LogP contribution >= 0.6 is 34.1 Å². The molecule has 1 N–H and O–H groups in total. The summed E-state index contributed by atoms with van der Waals surface area (Å²) < 4.78 is 11.2. The van der Waals surface area contributed by atoms with Crippen LogP contribution in [-0.4, -0.2) is 33.9 Å². The van der Waals surface area contributed by atoms with Gasteiger partial charge in [-0.05, 0) is 89.2 Å². The third-order valence-corrected chi connectivity index (χ3v) is 10.4. The van der Waals surface area contributed by atoms with Crippen molar-refractivity contribution in [1.82, 2.24) is 4.37 Å². The number of halogens is 1. The van der Waals surface area contributed by atoms with E-state index in [1.54, 1.807) is 0 Å². The summed E-state index contributed by atoms with van der Waals surface area (Å²) in [5, 5.41) is 10.2. The second-order valence-corrected chi connectivity index (χ2v) is 13.1. The number of aromatic nitrogens is 1. The minimum Gasteiger partial charge on any atom is -0.454 e. The van der Waals surface area contributed by atoms with Crippen LogP contribution in [0.25, 0.3) is 0 Å². The van der Waals surface area contributed by atoms with Crippen molar-refractivity contribution in [1.29, 1.82) is 0 Å². The molecule has 1 fully saturated rings. The minimum atomic E-state index is -0.690. The van der Waals surface area contributed by atoms with Crippen molar-refractivity contribution in [3.05, 3.63) is 37.4 Å². The van der Waals surface area contributed by atoms with Gasteiger partial charge in [0.15, 0.2) is 5.78 Å². The molecule has 7 heteroatoms. The Morgan fingerprint density at radius 2 is 2.00 bits per heavy atom. The van der Waals surface area contributed by atoms with Gasteiger partial charge in [0, 0.05) is 11.8 Å². The fourth-order valence-corrected chi connectivity index (χ4v) is 7.81. The first kappa shape index (κ1) is 24.1. The van der Waals surface area contributed by atoms with Gasteiger partial charge in [-0.3, -0.25) is 4.79 Å². The topological polar surface area (TPSA) is 76.5 Å². The van der Waals surface area contributed by atoms with Gasteiger partial charge in [0.05, 0.1) is 17.7 Å². The lowest BCUT2D eigenvalue weighted by molar-refractivity contribution is -0.136. The number of rotatable bonds is 3. The molecule has 3 aliphatic rings. The molecule has 32 heavy (non-hydrogen) atoms. The van der Waals surface area contributed by atoms with E-state index < -0.39 is 11.5 Å². The predicted octanol–water partition coefficient (Wildman–Crippen LogP) is 5.35. The number of fused-ring (bicyclic) bond motifs is 1. The molecule has 0 unspecified atom stereocenters. The lowest BCUT2D eigenvalue weighted by atomic mass is 9.63. The highest BCUT2D eigenvalue weighted by Crippen LogP contribution is 2.60. The zero-order valence-electron chi connectivity index (χ0n) is 19.6. The third-order valence-electron chi connectivity index (χ3n) is 8.54. The summed E-state index contributed by atoms with van der Waals surface area (Å²) in [6, 6.07) is 0. The second kappa shape index (κ2) is 8.31. The molecule has 1 aromatic rings. The number of carbonyl (C=O) groups is 2. The zero-order valence-corrected chi connectivity index (χ0v) is 22.5. The molecule has 0 aliphatic heterocycles. The molecule has 0 amide bonds. The van der Waals surface area contributed by atoms with Crippen LogP contribution in [0.15, 0.2) is 23.3 Å². The zero-order chi connectivity index (χ0) is 23.6. The average Bonchev–Trinajstić information content (AvgIpc) is 3.14. The minimum absolute atomic E-state index is 0.0830. The molecule has 6 atom stereocenters. The van der Waals surface area contributed by atoms with Gasteiger partial charge in [-0.1, -0.05) is 39.8 Å². The molecule has 0 aromatic carbocycles. The summed E-state index contributed by atoms with van der Waals surface area (Å²) in [7, 11) is 0. The number of Topliss-reactive ketones (excluding diaryl/α,β-unsaturated/α-hetero) is 1. The largest absolute Gasteiger partial charge is 0.454 e. The van der Waals surface area contributed by atoms with Crippen LogP contribution in [-0.2, 0) is 9.53 Å². The van der Waals surface area contributed by atoms with Gasteiger partial charge in [-0.25, -0.2) is 4.79 Å². The molecule has 174 valence electrons. The van der Waals surface area contributed by atoms with Gasteiger partial charge in [0.1, 0.15) is 14.6 Å². The number of hydrogen-bond donors (Lipinski definition) is 1. The van der Waals surface area contributed by atoms with E-state index in [1.165, 1.54) is 11.5 Å². The monoisotopic (exact) mass is 569 g/mol. The molecule has 1 saturated carbocycles. The van der Waals surface area contributed by atoms with Gasteiger partial charge in [0.25, 0.3) is 0 Å². The summed E-state index contributed by atoms with van der Waals surface area (Å²) in [6.07, 6.45) is 5.13. The molecule has 4 rings (SSSR count). The highest BCUT2D eigenvalue weighted by Gasteiger charge is 2.62. The number of aryl methyl sites for hydroxylation is 1. The maximum Gasteiger partial charge on any atom is 0.342 e. The van der Waals surface area contributed by atoms with Gasteiger partial charge < -0.3 is 9.84 Å². The lowest BCUT2D eigenvalue weighted by Crippen LogP contribution is -2.46. The fraction of sp³-hybridized carbons (Fsp3) is 0.640. The summed E-state index contributed by atoms with van der Waals surface area (Å²) >= 11 is 3.41. The number of aliphatic hydroxyl groups excluding tert-OH is 1. The summed E-state index contributed by atoms with van der Waals surface area (Å²) in [4.78, 5) is 27.5. The van der Waals surface area contributed by atoms with E-state index in [2.05, 4.69) is 60.7 Å².